The summed E-state index contributed by atoms with van der Waals surface area (Å²) in [6.07, 6.45) is 0. The first-order valence-corrected chi connectivity index (χ1v) is 7.71. The topological polar surface area (TPSA) is 78.5 Å². The van der Waals surface area contributed by atoms with Gasteiger partial charge in [0.2, 0.25) is 15.9 Å². The predicted octanol–water partition coefficient (Wildman–Crippen LogP) is 0.731. The van der Waals surface area contributed by atoms with E-state index in [0.717, 1.165) is 4.31 Å². The van der Waals surface area contributed by atoms with Gasteiger partial charge >= 0.3 is 0 Å². The molecule has 1 unspecified atom stereocenters. The summed E-state index contributed by atoms with van der Waals surface area (Å²) in [5, 5.41) is 5.68. The second kappa shape index (κ2) is 6.83. The number of nitrogens with one attached hydrogen (secondary N) is 2. The van der Waals surface area contributed by atoms with Gasteiger partial charge in [0.25, 0.3) is 0 Å². The average molecular weight is 299 g/mol. The molecular formula is C13H21N3O3S. The van der Waals surface area contributed by atoms with Crippen LogP contribution < -0.4 is 10.6 Å². The maximum atomic E-state index is 11.9. The van der Waals surface area contributed by atoms with E-state index < -0.39 is 10.0 Å². The van der Waals surface area contributed by atoms with Crippen molar-refractivity contribution < 1.29 is 13.2 Å². The Morgan fingerprint density at radius 1 is 1.25 bits per heavy atom. The Labute approximate surface area is 120 Å². The molecule has 0 fully saturated rings. The van der Waals surface area contributed by atoms with Crippen molar-refractivity contribution in [2.75, 3.05) is 33.0 Å². The zero-order valence-corrected chi connectivity index (χ0v) is 13.0. The van der Waals surface area contributed by atoms with Crippen LogP contribution in [0.2, 0.25) is 0 Å². The first kappa shape index (κ1) is 16.6. The van der Waals surface area contributed by atoms with E-state index in [-0.39, 0.29) is 16.7 Å². The van der Waals surface area contributed by atoms with Crippen LogP contribution in [0.4, 0.5) is 5.69 Å². The van der Waals surface area contributed by atoms with Gasteiger partial charge in [-0.2, -0.15) is 0 Å². The molecule has 0 aromatic heterocycles. The second-order valence-electron chi connectivity index (χ2n) is 4.76. The third-order valence-electron chi connectivity index (χ3n) is 2.86. The van der Waals surface area contributed by atoms with Gasteiger partial charge in [-0.15, -0.1) is 0 Å². The molecule has 0 aliphatic carbocycles. The lowest BCUT2D eigenvalue weighted by Crippen LogP contribution is -2.28. The number of nitrogens with zero attached hydrogens (tertiary/aromatic N) is 1. The fraction of sp³-hybridized carbons (Fsp3) is 0.462. The van der Waals surface area contributed by atoms with Crippen LogP contribution in [0.25, 0.3) is 0 Å². The van der Waals surface area contributed by atoms with Crippen LogP contribution in [0.5, 0.6) is 0 Å². The van der Waals surface area contributed by atoms with Gasteiger partial charge in [-0.3, -0.25) is 4.79 Å². The molecule has 1 aromatic carbocycles. The van der Waals surface area contributed by atoms with E-state index in [4.69, 9.17) is 0 Å². The lowest BCUT2D eigenvalue weighted by atomic mass is 10.1. The first-order valence-electron chi connectivity index (χ1n) is 6.27. The minimum atomic E-state index is -3.44. The number of carbonyl (C=O) groups is 1. The minimum Gasteiger partial charge on any atom is -0.326 e. The molecule has 1 atom stereocenters. The van der Waals surface area contributed by atoms with Gasteiger partial charge in [-0.25, -0.2) is 12.7 Å². The maximum absolute atomic E-state index is 11.9. The summed E-state index contributed by atoms with van der Waals surface area (Å²) in [4.78, 5) is 12.0. The average Bonchev–Trinajstić information content (AvgIpc) is 2.39. The van der Waals surface area contributed by atoms with E-state index in [1.165, 1.54) is 26.2 Å². The van der Waals surface area contributed by atoms with E-state index in [2.05, 4.69) is 10.6 Å². The molecule has 1 amide bonds. The number of sulfonamides is 1. The largest absolute Gasteiger partial charge is 0.326 e. The van der Waals surface area contributed by atoms with Crippen molar-refractivity contribution in [3.8, 4) is 0 Å². The number of amides is 1. The Morgan fingerprint density at radius 3 is 2.25 bits per heavy atom. The summed E-state index contributed by atoms with van der Waals surface area (Å²) < 4.78 is 24.9. The number of anilines is 1. The number of hydrogen-bond acceptors (Lipinski definition) is 4. The molecule has 20 heavy (non-hydrogen) atoms. The Bertz CT molecular complexity index is 553. The van der Waals surface area contributed by atoms with Crippen molar-refractivity contribution in [3.05, 3.63) is 24.3 Å². The maximum Gasteiger partial charge on any atom is 0.242 e. The van der Waals surface area contributed by atoms with E-state index in [1.54, 1.807) is 19.2 Å². The normalized spacial score (nSPS) is 13.2. The fourth-order valence-electron chi connectivity index (χ4n) is 1.59. The zero-order valence-electron chi connectivity index (χ0n) is 12.2. The number of carbonyl (C=O) groups excluding carboxylic acids is 1. The first-order chi connectivity index (χ1) is 9.28. The summed E-state index contributed by atoms with van der Waals surface area (Å²) in [6, 6.07) is 6.13. The highest BCUT2D eigenvalue weighted by Crippen LogP contribution is 2.17. The standard InChI is InChI=1S/C13H21N3O3S/c1-10(9-14-2)13(17)15-11-5-7-12(8-6-11)20(18,19)16(3)4/h5-8,10,14H,9H2,1-4H3,(H,15,17). The molecule has 2 N–H and O–H groups in total. The highest BCUT2D eigenvalue weighted by molar-refractivity contribution is 7.89. The summed E-state index contributed by atoms with van der Waals surface area (Å²) in [7, 11) is 1.30. The van der Waals surface area contributed by atoms with Crippen molar-refractivity contribution in [2.45, 2.75) is 11.8 Å². The molecule has 0 saturated heterocycles. The van der Waals surface area contributed by atoms with Gasteiger partial charge < -0.3 is 10.6 Å². The van der Waals surface area contributed by atoms with Crippen LogP contribution >= 0.6 is 0 Å². The van der Waals surface area contributed by atoms with E-state index in [1.807, 2.05) is 6.92 Å². The molecule has 0 radical (unpaired) electrons. The van der Waals surface area contributed by atoms with E-state index in [0.29, 0.717) is 12.2 Å². The number of rotatable bonds is 6. The second-order valence-corrected chi connectivity index (χ2v) is 6.91. The molecule has 0 heterocycles. The van der Waals surface area contributed by atoms with Crippen LogP contribution in [0.3, 0.4) is 0 Å². The Morgan fingerprint density at radius 2 is 1.80 bits per heavy atom. The zero-order chi connectivity index (χ0) is 15.3. The van der Waals surface area contributed by atoms with Crippen LogP contribution in [-0.4, -0.2) is 46.3 Å². The third-order valence-corrected chi connectivity index (χ3v) is 4.69. The van der Waals surface area contributed by atoms with Crippen LogP contribution in [0.1, 0.15) is 6.92 Å². The molecule has 0 spiro atoms. The molecule has 0 aliphatic heterocycles. The number of benzene rings is 1. The van der Waals surface area contributed by atoms with Crippen molar-refractivity contribution >= 4 is 21.6 Å². The van der Waals surface area contributed by atoms with Gasteiger partial charge in [0.1, 0.15) is 0 Å². The van der Waals surface area contributed by atoms with Gasteiger partial charge in [0.15, 0.2) is 0 Å². The van der Waals surface area contributed by atoms with Gasteiger partial charge in [0, 0.05) is 32.2 Å². The Kier molecular flexibility index (Phi) is 5.67. The fourth-order valence-corrected chi connectivity index (χ4v) is 2.49. The van der Waals surface area contributed by atoms with Crippen molar-refractivity contribution in [1.29, 1.82) is 0 Å². The van der Waals surface area contributed by atoms with Crippen molar-refractivity contribution in [1.82, 2.24) is 9.62 Å². The quantitative estimate of drug-likeness (QED) is 0.812. The smallest absolute Gasteiger partial charge is 0.242 e. The lowest BCUT2D eigenvalue weighted by molar-refractivity contribution is -0.119. The monoisotopic (exact) mass is 299 g/mol. The molecule has 1 rings (SSSR count). The summed E-state index contributed by atoms with van der Waals surface area (Å²) in [5.74, 6) is -0.271. The predicted molar refractivity (Wildman–Crippen MR) is 79.0 cm³/mol. The molecule has 7 heteroatoms. The Hall–Kier alpha value is -1.44. The Balaban J connectivity index is 2.80. The molecule has 6 nitrogen and oxygen atoms in total. The van der Waals surface area contributed by atoms with Crippen LogP contribution in [0.15, 0.2) is 29.2 Å². The van der Waals surface area contributed by atoms with Crippen molar-refractivity contribution in [3.63, 3.8) is 0 Å². The molecule has 0 aliphatic rings. The molecule has 0 saturated carbocycles. The lowest BCUT2D eigenvalue weighted by Gasteiger charge is -2.13. The molecule has 1 aromatic rings. The summed E-state index contributed by atoms with van der Waals surface area (Å²) in [5.41, 5.74) is 0.579. The summed E-state index contributed by atoms with van der Waals surface area (Å²) in [6.45, 7) is 2.40. The minimum absolute atomic E-state index is 0.109. The highest BCUT2D eigenvalue weighted by atomic mass is 32.2. The van der Waals surface area contributed by atoms with Crippen molar-refractivity contribution in [2.24, 2.45) is 5.92 Å². The third kappa shape index (κ3) is 4.03. The van der Waals surface area contributed by atoms with Gasteiger partial charge in [-0.1, -0.05) is 6.92 Å². The van der Waals surface area contributed by atoms with Gasteiger partial charge in [0.05, 0.1) is 4.90 Å². The van der Waals surface area contributed by atoms with E-state index >= 15 is 0 Å². The SMILES string of the molecule is CNCC(C)C(=O)Nc1ccc(S(=O)(=O)N(C)C)cc1. The van der Waals surface area contributed by atoms with Gasteiger partial charge in [-0.05, 0) is 31.3 Å². The highest BCUT2D eigenvalue weighted by Gasteiger charge is 2.17. The number of hydrogen-bond donors (Lipinski definition) is 2. The summed E-state index contributed by atoms with van der Waals surface area (Å²) >= 11 is 0. The molecular weight excluding hydrogens is 278 g/mol. The molecule has 0 bridgehead atoms. The van der Waals surface area contributed by atoms with E-state index in [9.17, 15) is 13.2 Å². The van der Waals surface area contributed by atoms with Crippen LogP contribution in [-0.2, 0) is 14.8 Å². The van der Waals surface area contributed by atoms with Crippen LogP contribution in [0, 0.1) is 5.92 Å². The molecule has 112 valence electrons.